The second-order valence-corrected chi connectivity index (χ2v) is 7.57. The molecule has 0 aliphatic carbocycles. The molecule has 0 aliphatic heterocycles. The molecule has 0 bridgehead atoms. The van der Waals surface area contributed by atoms with E-state index in [-0.39, 0.29) is 5.91 Å². The average molecular weight is 411 g/mol. The normalized spacial score (nSPS) is 10.7. The highest BCUT2D eigenvalue weighted by molar-refractivity contribution is 9.10. The summed E-state index contributed by atoms with van der Waals surface area (Å²) in [5, 5.41) is 4.43. The molecule has 0 radical (unpaired) electrons. The molecule has 4 nitrogen and oxygen atoms in total. The lowest BCUT2D eigenvalue weighted by molar-refractivity contribution is 0.0946. The Labute approximate surface area is 151 Å². The third-order valence-corrected chi connectivity index (χ3v) is 4.93. The Kier molecular flexibility index (Phi) is 4.84. The molecule has 0 saturated heterocycles. The van der Waals surface area contributed by atoms with Crippen LogP contribution in [-0.2, 0) is 6.54 Å². The molecule has 2 N–H and O–H groups in total. The second-order valence-electron chi connectivity index (χ2n) is 4.93. The van der Waals surface area contributed by atoms with Crippen molar-refractivity contribution < 1.29 is 4.79 Å². The molecule has 0 unspecified atom stereocenters. The van der Waals surface area contributed by atoms with Gasteiger partial charge in [-0.3, -0.25) is 4.79 Å². The zero-order chi connectivity index (χ0) is 16.4. The third kappa shape index (κ3) is 3.83. The molecule has 3 rings (SSSR count). The van der Waals surface area contributed by atoms with Crippen molar-refractivity contribution in [2.75, 3.05) is 0 Å². The first kappa shape index (κ1) is 16.2. The van der Waals surface area contributed by atoms with E-state index in [0.29, 0.717) is 17.3 Å². The van der Waals surface area contributed by atoms with Gasteiger partial charge < -0.3 is 10.3 Å². The summed E-state index contributed by atoms with van der Waals surface area (Å²) in [5.74, 6) is -0.156. The summed E-state index contributed by atoms with van der Waals surface area (Å²) in [6, 6.07) is 9.33. The van der Waals surface area contributed by atoms with E-state index in [1.807, 2.05) is 31.2 Å². The summed E-state index contributed by atoms with van der Waals surface area (Å²) < 4.78 is 0.845. The molecule has 0 fully saturated rings. The maximum atomic E-state index is 12.0. The zero-order valence-corrected chi connectivity index (χ0v) is 15.3. The lowest BCUT2D eigenvalue weighted by Gasteiger charge is -2.00. The fourth-order valence-electron chi connectivity index (χ4n) is 2.15. The van der Waals surface area contributed by atoms with Gasteiger partial charge in [-0.05, 0) is 41.1 Å². The molecule has 23 heavy (non-hydrogen) atoms. The zero-order valence-electron chi connectivity index (χ0n) is 12.2. The van der Waals surface area contributed by atoms with Crippen LogP contribution < -0.4 is 5.32 Å². The van der Waals surface area contributed by atoms with Crippen molar-refractivity contribution in [2.24, 2.45) is 0 Å². The minimum atomic E-state index is -0.156. The molecule has 0 saturated carbocycles. The Morgan fingerprint density at radius 1 is 1.39 bits per heavy atom. The molecule has 0 atom stereocenters. The van der Waals surface area contributed by atoms with Crippen LogP contribution in [0, 0.1) is 6.92 Å². The van der Waals surface area contributed by atoms with E-state index in [4.69, 9.17) is 11.6 Å². The smallest absolute Gasteiger partial charge is 0.268 e. The Bertz CT molecular complexity index is 841. The number of hydrogen-bond acceptors (Lipinski definition) is 3. The maximum absolute atomic E-state index is 12.0. The lowest BCUT2D eigenvalue weighted by atomic mass is 10.1. The summed E-state index contributed by atoms with van der Waals surface area (Å²) in [6.45, 7) is 2.42. The van der Waals surface area contributed by atoms with Crippen molar-refractivity contribution >= 4 is 44.8 Å². The number of hydrogen-bond donors (Lipinski definition) is 2. The molecular weight excluding hydrogens is 398 g/mol. The SMILES string of the molecule is Cc1sc(CNC(=O)c2cc(Br)c[nH]2)nc1-c1ccc(Cl)cc1. The molecule has 0 aliphatic rings. The maximum Gasteiger partial charge on any atom is 0.268 e. The highest BCUT2D eigenvalue weighted by atomic mass is 79.9. The van der Waals surface area contributed by atoms with Crippen molar-refractivity contribution in [3.05, 3.63) is 61.6 Å². The third-order valence-electron chi connectivity index (χ3n) is 3.25. The van der Waals surface area contributed by atoms with E-state index in [0.717, 1.165) is 25.6 Å². The van der Waals surface area contributed by atoms with Crippen LogP contribution in [0.1, 0.15) is 20.4 Å². The van der Waals surface area contributed by atoms with Crippen LogP contribution in [0.3, 0.4) is 0 Å². The Hall–Kier alpha value is -1.63. The first-order valence-electron chi connectivity index (χ1n) is 6.87. The predicted octanol–water partition coefficient (Wildman–Crippen LogP) is 4.79. The number of benzene rings is 1. The number of halogens is 2. The molecule has 2 aromatic heterocycles. The summed E-state index contributed by atoms with van der Waals surface area (Å²) in [7, 11) is 0. The van der Waals surface area contributed by atoms with Crippen LogP contribution in [-0.4, -0.2) is 15.9 Å². The van der Waals surface area contributed by atoms with E-state index in [2.05, 4.69) is 31.2 Å². The van der Waals surface area contributed by atoms with Gasteiger partial charge in [0.1, 0.15) is 10.7 Å². The molecule has 0 spiro atoms. The fourth-order valence-corrected chi connectivity index (χ4v) is 3.52. The van der Waals surface area contributed by atoms with Crippen molar-refractivity contribution in [3.8, 4) is 11.3 Å². The number of aryl methyl sites for hydroxylation is 1. The van der Waals surface area contributed by atoms with Gasteiger partial charge in [0.15, 0.2) is 0 Å². The Morgan fingerprint density at radius 2 is 2.13 bits per heavy atom. The molecule has 2 heterocycles. The molecule has 1 aromatic carbocycles. The van der Waals surface area contributed by atoms with Crippen LogP contribution in [0.2, 0.25) is 5.02 Å². The summed E-state index contributed by atoms with van der Waals surface area (Å²) in [6.07, 6.45) is 1.72. The van der Waals surface area contributed by atoms with Gasteiger partial charge in [0.2, 0.25) is 0 Å². The number of thiazole rings is 1. The number of amides is 1. The largest absolute Gasteiger partial charge is 0.356 e. The number of carbonyl (C=O) groups is 1. The fraction of sp³-hybridized carbons (Fsp3) is 0.125. The number of nitrogens with one attached hydrogen (secondary N) is 2. The number of nitrogens with zero attached hydrogens (tertiary/aromatic N) is 1. The van der Waals surface area contributed by atoms with Crippen molar-refractivity contribution in [2.45, 2.75) is 13.5 Å². The Morgan fingerprint density at radius 3 is 2.78 bits per heavy atom. The molecular formula is C16H13BrClN3OS. The van der Waals surface area contributed by atoms with Gasteiger partial charge in [-0.1, -0.05) is 23.7 Å². The molecule has 3 aromatic rings. The summed E-state index contributed by atoms with van der Waals surface area (Å²) in [5.41, 5.74) is 2.47. The topological polar surface area (TPSA) is 57.8 Å². The first-order valence-corrected chi connectivity index (χ1v) is 8.86. The van der Waals surface area contributed by atoms with Crippen LogP contribution >= 0.6 is 38.9 Å². The van der Waals surface area contributed by atoms with Gasteiger partial charge in [-0.2, -0.15) is 0 Å². The van der Waals surface area contributed by atoms with E-state index < -0.39 is 0 Å². The summed E-state index contributed by atoms with van der Waals surface area (Å²) >= 11 is 10.8. The van der Waals surface area contributed by atoms with Crippen molar-refractivity contribution in [3.63, 3.8) is 0 Å². The lowest BCUT2D eigenvalue weighted by Crippen LogP contribution is -2.22. The minimum absolute atomic E-state index is 0.156. The van der Waals surface area contributed by atoms with Gasteiger partial charge in [-0.15, -0.1) is 11.3 Å². The predicted molar refractivity (Wildman–Crippen MR) is 97.0 cm³/mol. The van der Waals surface area contributed by atoms with Crippen molar-refractivity contribution in [1.82, 2.24) is 15.3 Å². The molecule has 7 heteroatoms. The summed E-state index contributed by atoms with van der Waals surface area (Å²) in [4.78, 5) is 20.7. The van der Waals surface area contributed by atoms with Crippen LogP contribution in [0.5, 0.6) is 0 Å². The molecule has 118 valence electrons. The van der Waals surface area contributed by atoms with E-state index >= 15 is 0 Å². The quantitative estimate of drug-likeness (QED) is 0.649. The van der Waals surface area contributed by atoms with E-state index in [1.165, 1.54) is 0 Å². The molecule has 1 amide bonds. The van der Waals surface area contributed by atoms with Gasteiger partial charge in [0, 0.05) is 26.1 Å². The highest BCUT2D eigenvalue weighted by Gasteiger charge is 2.12. The van der Waals surface area contributed by atoms with E-state index in [1.54, 1.807) is 23.6 Å². The number of rotatable bonds is 4. The number of aromatic amines is 1. The standard InChI is InChI=1S/C16H13BrClN3OS/c1-9-15(10-2-4-12(18)5-3-10)21-14(23-9)8-20-16(22)13-6-11(17)7-19-13/h2-7,19H,8H2,1H3,(H,20,22). The second kappa shape index (κ2) is 6.86. The highest BCUT2D eigenvalue weighted by Crippen LogP contribution is 2.28. The van der Waals surface area contributed by atoms with Gasteiger partial charge in [0.25, 0.3) is 5.91 Å². The number of aromatic nitrogens is 2. The first-order chi connectivity index (χ1) is 11.0. The van der Waals surface area contributed by atoms with Gasteiger partial charge >= 0.3 is 0 Å². The average Bonchev–Trinajstić information content (AvgIpc) is 3.12. The van der Waals surface area contributed by atoms with Crippen LogP contribution in [0.4, 0.5) is 0 Å². The minimum Gasteiger partial charge on any atom is -0.356 e. The number of carbonyl (C=O) groups excluding carboxylic acids is 1. The van der Waals surface area contributed by atoms with E-state index in [9.17, 15) is 4.79 Å². The van der Waals surface area contributed by atoms with Gasteiger partial charge in [-0.25, -0.2) is 4.98 Å². The van der Waals surface area contributed by atoms with Crippen molar-refractivity contribution in [1.29, 1.82) is 0 Å². The van der Waals surface area contributed by atoms with Crippen LogP contribution in [0.15, 0.2) is 41.0 Å². The monoisotopic (exact) mass is 409 g/mol. The van der Waals surface area contributed by atoms with Gasteiger partial charge in [0.05, 0.1) is 12.2 Å². The Balaban J connectivity index is 1.71. The number of H-pyrrole nitrogens is 1. The van der Waals surface area contributed by atoms with Crippen LogP contribution in [0.25, 0.3) is 11.3 Å².